The maximum atomic E-state index is 12.5. The van der Waals surface area contributed by atoms with Crippen LogP contribution in [0, 0.1) is 0 Å². The number of amides is 1. The molecule has 0 unspecified atom stereocenters. The fourth-order valence-electron chi connectivity index (χ4n) is 3.04. The number of carbonyl (C=O) groups excluding carboxylic acids is 1. The van der Waals surface area contributed by atoms with Crippen molar-refractivity contribution in [3.63, 3.8) is 0 Å². The average molecular weight is 468 g/mol. The van der Waals surface area contributed by atoms with Crippen molar-refractivity contribution in [3.05, 3.63) is 53.6 Å². The number of sulfonamides is 1. The van der Waals surface area contributed by atoms with Crippen molar-refractivity contribution in [2.24, 2.45) is 0 Å². The summed E-state index contributed by atoms with van der Waals surface area (Å²) in [6.45, 7) is 4.60. The van der Waals surface area contributed by atoms with E-state index in [1.54, 1.807) is 30.3 Å². The number of anilines is 1. The topological polar surface area (TPSA) is 97.0 Å². The van der Waals surface area contributed by atoms with Crippen LogP contribution in [0.3, 0.4) is 0 Å². The van der Waals surface area contributed by atoms with Crippen molar-refractivity contribution in [2.45, 2.75) is 11.3 Å². The quantitative estimate of drug-likeness (QED) is 0.521. The number of hydrogen-bond acceptors (Lipinski definition) is 6. The molecule has 1 aliphatic heterocycles. The van der Waals surface area contributed by atoms with Gasteiger partial charge in [-0.2, -0.15) is 0 Å². The summed E-state index contributed by atoms with van der Waals surface area (Å²) < 4.78 is 38.2. The molecule has 0 spiro atoms. The molecule has 31 heavy (non-hydrogen) atoms. The zero-order valence-corrected chi connectivity index (χ0v) is 18.6. The minimum absolute atomic E-state index is 0.00117. The Bertz CT molecular complexity index is 966. The Morgan fingerprint density at radius 2 is 1.87 bits per heavy atom. The highest BCUT2D eigenvalue weighted by Crippen LogP contribution is 2.28. The molecule has 2 aromatic rings. The van der Waals surface area contributed by atoms with E-state index in [1.165, 1.54) is 18.2 Å². The van der Waals surface area contributed by atoms with Gasteiger partial charge in [-0.3, -0.25) is 14.4 Å². The molecule has 0 saturated carbocycles. The molecule has 1 fully saturated rings. The predicted octanol–water partition coefficient (Wildman–Crippen LogP) is 2.36. The standard InChI is InChI=1S/C21H26ClN3O5S/c22-19-15-18(31(27,28)24-17-5-2-1-3-6-17)7-8-20(19)30-16-21(26)23-9-4-10-25-11-13-29-14-12-25/h1-3,5-8,15,24H,4,9-14,16H2,(H,23,26). The molecule has 2 N–H and O–H groups in total. The highest BCUT2D eigenvalue weighted by molar-refractivity contribution is 7.92. The SMILES string of the molecule is O=C(COc1ccc(S(=O)(=O)Nc2ccccc2)cc1Cl)NCCCN1CCOCC1. The fraction of sp³-hybridized carbons (Fsp3) is 0.381. The van der Waals surface area contributed by atoms with Gasteiger partial charge in [0, 0.05) is 25.3 Å². The second-order valence-electron chi connectivity index (χ2n) is 7.01. The zero-order valence-electron chi connectivity index (χ0n) is 17.1. The monoisotopic (exact) mass is 467 g/mol. The Morgan fingerprint density at radius 3 is 2.58 bits per heavy atom. The lowest BCUT2D eigenvalue weighted by molar-refractivity contribution is -0.123. The van der Waals surface area contributed by atoms with Gasteiger partial charge < -0.3 is 14.8 Å². The molecule has 8 nitrogen and oxygen atoms in total. The third kappa shape index (κ3) is 7.39. The lowest BCUT2D eigenvalue weighted by Crippen LogP contribution is -2.38. The molecular formula is C21H26ClN3O5S. The zero-order chi connectivity index (χ0) is 22.1. The van der Waals surface area contributed by atoms with Gasteiger partial charge in [0.15, 0.2) is 6.61 Å². The number of nitrogens with zero attached hydrogens (tertiary/aromatic N) is 1. The first-order valence-corrected chi connectivity index (χ1v) is 11.9. The van der Waals surface area contributed by atoms with E-state index >= 15 is 0 Å². The predicted molar refractivity (Wildman–Crippen MR) is 119 cm³/mol. The highest BCUT2D eigenvalue weighted by Gasteiger charge is 2.17. The molecule has 3 rings (SSSR count). The van der Waals surface area contributed by atoms with Crippen LogP contribution in [0.25, 0.3) is 0 Å². The lowest BCUT2D eigenvalue weighted by Gasteiger charge is -2.26. The van der Waals surface area contributed by atoms with E-state index in [0.29, 0.717) is 12.2 Å². The maximum Gasteiger partial charge on any atom is 0.261 e. The third-order valence-electron chi connectivity index (χ3n) is 4.68. The van der Waals surface area contributed by atoms with Gasteiger partial charge in [0.2, 0.25) is 0 Å². The van der Waals surface area contributed by atoms with Crippen LogP contribution >= 0.6 is 11.6 Å². The number of rotatable bonds is 10. The van der Waals surface area contributed by atoms with Gasteiger partial charge in [0.1, 0.15) is 5.75 Å². The summed E-state index contributed by atoms with van der Waals surface area (Å²) >= 11 is 6.17. The van der Waals surface area contributed by atoms with Gasteiger partial charge in [0.05, 0.1) is 23.1 Å². The number of carbonyl (C=O) groups is 1. The minimum Gasteiger partial charge on any atom is -0.482 e. The van der Waals surface area contributed by atoms with E-state index in [-0.39, 0.29) is 28.2 Å². The van der Waals surface area contributed by atoms with Gasteiger partial charge in [-0.15, -0.1) is 0 Å². The Balaban J connectivity index is 1.44. The number of para-hydroxylation sites is 1. The largest absolute Gasteiger partial charge is 0.482 e. The van der Waals surface area contributed by atoms with Gasteiger partial charge in [-0.05, 0) is 43.3 Å². The normalized spacial score (nSPS) is 14.7. The van der Waals surface area contributed by atoms with Crippen molar-refractivity contribution in [1.82, 2.24) is 10.2 Å². The van der Waals surface area contributed by atoms with Crippen LogP contribution < -0.4 is 14.8 Å². The van der Waals surface area contributed by atoms with Crippen LogP contribution in [0.2, 0.25) is 5.02 Å². The summed E-state index contributed by atoms with van der Waals surface area (Å²) in [5.41, 5.74) is 0.448. The van der Waals surface area contributed by atoms with Crippen molar-refractivity contribution in [2.75, 3.05) is 50.7 Å². The second kappa shape index (κ2) is 11.3. The average Bonchev–Trinajstić information content (AvgIpc) is 2.77. The van der Waals surface area contributed by atoms with E-state index in [1.807, 2.05) is 0 Å². The summed E-state index contributed by atoms with van der Waals surface area (Å²) in [5.74, 6) is -0.0238. The van der Waals surface area contributed by atoms with E-state index < -0.39 is 10.0 Å². The number of ether oxygens (including phenoxy) is 2. The number of benzene rings is 2. The van der Waals surface area contributed by atoms with E-state index in [0.717, 1.165) is 39.3 Å². The summed E-state index contributed by atoms with van der Waals surface area (Å²) in [6.07, 6.45) is 0.841. The van der Waals surface area contributed by atoms with E-state index in [9.17, 15) is 13.2 Å². The molecule has 0 radical (unpaired) electrons. The van der Waals surface area contributed by atoms with Crippen LogP contribution in [0.1, 0.15) is 6.42 Å². The van der Waals surface area contributed by atoms with Crippen LogP contribution in [0.4, 0.5) is 5.69 Å². The Kier molecular flexibility index (Phi) is 8.53. The van der Waals surface area contributed by atoms with Gasteiger partial charge >= 0.3 is 0 Å². The van der Waals surface area contributed by atoms with Crippen molar-refractivity contribution < 1.29 is 22.7 Å². The third-order valence-corrected chi connectivity index (χ3v) is 6.35. The molecule has 168 valence electrons. The Hall–Kier alpha value is -2.33. The second-order valence-corrected chi connectivity index (χ2v) is 9.10. The first-order chi connectivity index (χ1) is 14.9. The highest BCUT2D eigenvalue weighted by atomic mass is 35.5. The molecular weight excluding hydrogens is 442 g/mol. The van der Waals surface area contributed by atoms with Gasteiger partial charge in [-0.1, -0.05) is 29.8 Å². The van der Waals surface area contributed by atoms with Crippen molar-refractivity contribution in [1.29, 1.82) is 0 Å². The van der Waals surface area contributed by atoms with Crippen molar-refractivity contribution >= 4 is 33.2 Å². The number of hydrogen-bond donors (Lipinski definition) is 2. The first kappa shape index (κ1) is 23.3. The molecule has 2 aromatic carbocycles. The van der Waals surface area contributed by atoms with E-state index in [4.69, 9.17) is 21.1 Å². The molecule has 0 aliphatic carbocycles. The van der Waals surface area contributed by atoms with Crippen LogP contribution in [-0.4, -0.2) is 65.2 Å². The minimum atomic E-state index is -3.79. The van der Waals surface area contributed by atoms with Crippen LogP contribution in [0.15, 0.2) is 53.4 Å². The molecule has 0 aromatic heterocycles. The molecule has 1 saturated heterocycles. The first-order valence-electron chi connectivity index (χ1n) is 10.0. The van der Waals surface area contributed by atoms with E-state index in [2.05, 4.69) is 14.9 Å². The molecule has 1 aliphatic rings. The Morgan fingerprint density at radius 1 is 1.13 bits per heavy atom. The number of halogens is 1. The maximum absolute atomic E-state index is 12.5. The van der Waals surface area contributed by atoms with Gasteiger partial charge in [-0.25, -0.2) is 8.42 Å². The molecule has 1 heterocycles. The molecule has 0 bridgehead atoms. The smallest absolute Gasteiger partial charge is 0.261 e. The van der Waals surface area contributed by atoms with Crippen molar-refractivity contribution in [3.8, 4) is 5.75 Å². The lowest BCUT2D eigenvalue weighted by atomic mass is 10.3. The summed E-state index contributed by atoms with van der Waals surface area (Å²) in [6, 6.07) is 12.7. The molecule has 1 amide bonds. The molecule has 0 atom stereocenters. The fourth-order valence-corrected chi connectivity index (χ4v) is 4.42. The summed E-state index contributed by atoms with van der Waals surface area (Å²) in [7, 11) is -3.79. The summed E-state index contributed by atoms with van der Waals surface area (Å²) in [4.78, 5) is 14.3. The van der Waals surface area contributed by atoms with Crippen LogP contribution in [-0.2, 0) is 19.6 Å². The van der Waals surface area contributed by atoms with Gasteiger partial charge in [0.25, 0.3) is 15.9 Å². The van der Waals surface area contributed by atoms with Crippen LogP contribution in [0.5, 0.6) is 5.75 Å². The molecule has 10 heteroatoms. The number of nitrogens with one attached hydrogen (secondary N) is 2. The number of morpholine rings is 1. The Labute approximate surface area is 187 Å². The summed E-state index contributed by atoms with van der Waals surface area (Å²) in [5, 5.41) is 2.91.